The van der Waals surface area contributed by atoms with E-state index in [1.165, 1.54) is 12.3 Å². The van der Waals surface area contributed by atoms with Gasteiger partial charge in [0, 0.05) is 6.20 Å². The zero-order valence-corrected chi connectivity index (χ0v) is 9.37. The third kappa shape index (κ3) is 3.09. The van der Waals surface area contributed by atoms with Crippen molar-refractivity contribution in [3.63, 3.8) is 0 Å². The predicted octanol–water partition coefficient (Wildman–Crippen LogP) is 2.96. The van der Waals surface area contributed by atoms with Crippen LogP contribution in [-0.4, -0.2) is 9.97 Å². The van der Waals surface area contributed by atoms with E-state index < -0.39 is 17.6 Å². The van der Waals surface area contributed by atoms with Gasteiger partial charge in [-0.2, -0.15) is 18.2 Å². The number of alkyl halides is 3. The molecule has 0 fully saturated rings. The number of hydrogen-bond acceptors (Lipinski definition) is 4. The maximum Gasteiger partial charge on any atom is 0.416 e. The van der Waals surface area contributed by atoms with Crippen molar-refractivity contribution in [2.75, 3.05) is 11.1 Å². The third-order valence-electron chi connectivity index (χ3n) is 2.22. The second-order valence-corrected chi connectivity index (χ2v) is 3.62. The van der Waals surface area contributed by atoms with Crippen LogP contribution in [0.1, 0.15) is 5.56 Å². The molecule has 0 saturated carbocycles. The van der Waals surface area contributed by atoms with E-state index in [4.69, 9.17) is 5.73 Å². The smallest absolute Gasteiger partial charge is 0.384 e. The van der Waals surface area contributed by atoms with Crippen molar-refractivity contribution in [3.8, 4) is 0 Å². The number of halogens is 4. The fourth-order valence-electron chi connectivity index (χ4n) is 1.35. The largest absolute Gasteiger partial charge is 0.416 e. The van der Waals surface area contributed by atoms with E-state index in [0.29, 0.717) is 12.1 Å². The lowest BCUT2D eigenvalue weighted by molar-refractivity contribution is -0.137. The summed E-state index contributed by atoms with van der Waals surface area (Å²) in [5.74, 6) is -0.817. The van der Waals surface area contributed by atoms with Crippen molar-refractivity contribution in [2.24, 2.45) is 0 Å². The van der Waals surface area contributed by atoms with Crippen LogP contribution >= 0.6 is 0 Å². The molecule has 0 amide bonds. The molecule has 2 aromatic rings. The Balaban J connectivity index is 2.34. The van der Waals surface area contributed by atoms with Gasteiger partial charge in [0.1, 0.15) is 11.6 Å². The molecule has 3 N–H and O–H groups in total. The summed E-state index contributed by atoms with van der Waals surface area (Å²) in [4.78, 5) is 7.43. The second-order valence-electron chi connectivity index (χ2n) is 3.62. The molecule has 0 aliphatic rings. The number of nitrogens with zero attached hydrogens (tertiary/aromatic N) is 2. The molecule has 0 aliphatic carbocycles. The van der Waals surface area contributed by atoms with Crippen LogP contribution in [0.4, 0.5) is 35.0 Å². The molecule has 0 atom stereocenters. The van der Waals surface area contributed by atoms with Crippen molar-refractivity contribution < 1.29 is 17.6 Å². The number of aromatic nitrogens is 2. The summed E-state index contributed by atoms with van der Waals surface area (Å²) in [5, 5.41) is 2.35. The van der Waals surface area contributed by atoms with Gasteiger partial charge in [-0.15, -0.1) is 0 Å². The summed E-state index contributed by atoms with van der Waals surface area (Å²) in [6.45, 7) is 0. The number of nitrogen functional groups attached to an aromatic ring is 1. The highest BCUT2D eigenvalue weighted by Crippen LogP contribution is 2.32. The molecular formula is C11H8F4N4. The summed E-state index contributed by atoms with van der Waals surface area (Å²) in [7, 11) is 0. The number of benzene rings is 1. The van der Waals surface area contributed by atoms with Crippen molar-refractivity contribution in [1.82, 2.24) is 9.97 Å². The molecule has 0 spiro atoms. The summed E-state index contributed by atoms with van der Waals surface area (Å²) in [6, 6.07) is 3.41. The molecule has 0 radical (unpaired) electrons. The Labute approximate surface area is 105 Å². The van der Waals surface area contributed by atoms with Gasteiger partial charge < -0.3 is 11.1 Å². The zero-order chi connectivity index (χ0) is 14.0. The van der Waals surface area contributed by atoms with Gasteiger partial charge in [0.25, 0.3) is 0 Å². The lowest BCUT2D eigenvalue weighted by Gasteiger charge is -2.10. The van der Waals surface area contributed by atoms with Gasteiger partial charge in [0.2, 0.25) is 5.95 Å². The maximum atomic E-state index is 13.4. The van der Waals surface area contributed by atoms with Crippen LogP contribution in [0, 0.1) is 5.82 Å². The number of hydrogen-bond donors (Lipinski definition) is 2. The number of nitrogens with one attached hydrogen (secondary N) is 1. The van der Waals surface area contributed by atoms with Gasteiger partial charge >= 0.3 is 6.18 Å². The Hall–Kier alpha value is -2.38. The van der Waals surface area contributed by atoms with Gasteiger partial charge in [-0.3, -0.25) is 0 Å². The summed E-state index contributed by atoms with van der Waals surface area (Å²) in [5.41, 5.74) is 4.04. The molecule has 0 saturated heterocycles. The van der Waals surface area contributed by atoms with E-state index in [9.17, 15) is 17.6 Å². The molecule has 4 nitrogen and oxygen atoms in total. The quantitative estimate of drug-likeness (QED) is 0.825. The highest BCUT2D eigenvalue weighted by atomic mass is 19.4. The van der Waals surface area contributed by atoms with Gasteiger partial charge in [-0.05, 0) is 24.3 Å². The fraction of sp³-hybridized carbons (Fsp3) is 0.0909. The van der Waals surface area contributed by atoms with E-state index in [2.05, 4.69) is 15.3 Å². The SMILES string of the molecule is Nc1ccnc(Nc2cc(C(F)(F)F)ccc2F)n1. The highest BCUT2D eigenvalue weighted by Gasteiger charge is 2.31. The number of anilines is 3. The molecule has 1 heterocycles. The van der Waals surface area contributed by atoms with Gasteiger partial charge in [0.05, 0.1) is 11.3 Å². The van der Waals surface area contributed by atoms with Crippen LogP contribution in [0.25, 0.3) is 0 Å². The predicted molar refractivity (Wildman–Crippen MR) is 61.1 cm³/mol. The summed E-state index contributed by atoms with van der Waals surface area (Å²) in [6.07, 6.45) is -3.25. The molecule has 19 heavy (non-hydrogen) atoms. The number of rotatable bonds is 2. The molecule has 1 aromatic carbocycles. The van der Waals surface area contributed by atoms with Crippen molar-refractivity contribution in [2.45, 2.75) is 6.18 Å². The monoisotopic (exact) mass is 272 g/mol. The second kappa shape index (κ2) is 4.71. The lowest BCUT2D eigenvalue weighted by atomic mass is 10.2. The third-order valence-corrected chi connectivity index (χ3v) is 2.22. The molecule has 1 aromatic heterocycles. The molecule has 0 bridgehead atoms. The first kappa shape index (κ1) is 13.1. The van der Waals surface area contributed by atoms with E-state index in [-0.39, 0.29) is 17.5 Å². The van der Waals surface area contributed by atoms with E-state index >= 15 is 0 Å². The van der Waals surface area contributed by atoms with Crippen LogP contribution in [0.3, 0.4) is 0 Å². The van der Waals surface area contributed by atoms with Crippen molar-refractivity contribution in [1.29, 1.82) is 0 Å². The maximum absolute atomic E-state index is 13.4. The topological polar surface area (TPSA) is 63.8 Å². The summed E-state index contributed by atoms with van der Waals surface area (Å²) >= 11 is 0. The van der Waals surface area contributed by atoms with E-state index in [0.717, 1.165) is 6.07 Å². The first-order chi connectivity index (χ1) is 8.86. The van der Waals surface area contributed by atoms with Gasteiger partial charge in [-0.25, -0.2) is 9.37 Å². The number of nitrogens with two attached hydrogens (primary N) is 1. The van der Waals surface area contributed by atoms with Crippen LogP contribution in [-0.2, 0) is 6.18 Å². The Morgan fingerprint density at radius 1 is 1.16 bits per heavy atom. The minimum Gasteiger partial charge on any atom is -0.384 e. The average Bonchev–Trinajstić information content (AvgIpc) is 2.30. The van der Waals surface area contributed by atoms with Crippen LogP contribution in [0.15, 0.2) is 30.5 Å². The summed E-state index contributed by atoms with van der Waals surface area (Å²) < 4.78 is 50.9. The zero-order valence-electron chi connectivity index (χ0n) is 9.37. The van der Waals surface area contributed by atoms with E-state index in [1.54, 1.807) is 0 Å². The van der Waals surface area contributed by atoms with Crippen LogP contribution in [0.5, 0.6) is 0 Å². The van der Waals surface area contributed by atoms with Crippen molar-refractivity contribution in [3.05, 3.63) is 41.8 Å². The van der Waals surface area contributed by atoms with Gasteiger partial charge in [0.15, 0.2) is 0 Å². The Kier molecular flexibility index (Phi) is 3.24. The minimum atomic E-state index is -4.55. The minimum absolute atomic E-state index is 0.0850. The normalized spacial score (nSPS) is 11.4. The average molecular weight is 272 g/mol. The Morgan fingerprint density at radius 2 is 1.89 bits per heavy atom. The van der Waals surface area contributed by atoms with E-state index in [1.807, 2.05) is 0 Å². The lowest BCUT2D eigenvalue weighted by Crippen LogP contribution is -2.07. The molecule has 0 aliphatic heterocycles. The standard InChI is InChI=1S/C11H8F4N4/c12-7-2-1-6(11(13,14)15)5-8(7)18-10-17-4-3-9(16)19-10/h1-5H,(H3,16,17,18,19). The molecule has 8 heteroatoms. The first-order valence-corrected chi connectivity index (χ1v) is 5.08. The Morgan fingerprint density at radius 3 is 2.53 bits per heavy atom. The molecule has 2 rings (SSSR count). The first-order valence-electron chi connectivity index (χ1n) is 5.08. The molecular weight excluding hydrogens is 264 g/mol. The fourth-order valence-corrected chi connectivity index (χ4v) is 1.35. The van der Waals surface area contributed by atoms with Crippen LogP contribution in [0.2, 0.25) is 0 Å². The van der Waals surface area contributed by atoms with Crippen molar-refractivity contribution >= 4 is 17.5 Å². The molecule has 100 valence electrons. The van der Waals surface area contributed by atoms with Crippen LogP contribution < -0.4 is 11.1 Å². The highest BCUT2D eigenvalue weighted by molar-refractivity contribution is 5.56. The Bertz CT molecular complexity index is 597. The van der Waals surface area contributed by atoms with Gasteiger partial charge in [-0.1, -0.05) is 0 Å². The molecule has 0 unspecified atom stereocenters.